The van der Waals surface area contributed by atoms with Gasteiger partial charge in [-0.1, -0.05) is 66.7 Å². The minimum absolute atomic E-state index is 0.867. The van der Waals surface area contributed by atoms with Crippen LogP contribution < -0.4 is 0 Å². The highest BCUT2D eigenvalue weighted by atomic mass is 14.7. The molecule has 0 amide bonds. The molecule has 1 nitrogen and oxygen atoms in total. The molecule has 92 valence electrons. The summed E-state index contributed by atoms with van der Waals surface area (Å²) in [4.78, 5) is 4.55. The Morgan fingerprint density at radius 3 is 2.11 bits per heavy atom. The zero-order valence-electron chi connectivity index (χ0n) is 10.7. The van der Waals surface area contributed by atoms with Crippen LogP contribution in [0, 0.1) is 0 Å². The van der Waals surface area contributed by atoms with E-state index in [0.29, 0.717) is 0 Å². The first kappa shape index (κ1) is 11.7. The van der Waals surface area contributed by atoms with Gasteiger partial charge in [0.15, 0.2) is 0 Å². The normalized spacial score (nSPS) is 10.3. The van der Waals surface area contributed by atoms with Crippen molar-refractivity contribution in [2.24, 2.45) is 0 Å². The molecule has 0 bridgehead atoms. The summed E-state index contributed by atoms with van der Waals surface area (Å²) in [6.45, 7) is 0. The van der Waals surface area contributed by atoms with Crippen LogP contribution in [0.5, 0.6) is 0 Å². The second kappa shape index (κ2) is 5.49. The van der Waals surface area contributed by atoms with Gasteiger partial charge in [0, 0.05) is 18.2 Å². The van der Waals surface area contributed by atoms with Crippen molar-refractivity contribution in [1.82, 2.24) is 4.98 Å². The van der Waals surface area contributed by atoms with Gasteiger partial charge in [-0.2, -0.15) is 0 Å². The summed E-state index contributed by atoms with van der Waals surface area (Å²) in [5.41, 5.74) is 4.85. The van der Waals surface area contributed by atoms with Gasteiger partial charge in [0.1, 0.15) is 0 Å². The molecule has 3 rings (SSSR count). The van der Waals surface area contributed by atoms with E-state index >= 15 is 0 Å². The summed E-state index contributed by atoms with van der Waals surface area (Å²) in [6, 6.07) is 25.0. The molecule has 0 N–H and O–H groups in total. The largest absolute Gasteiger partial charge is 0.260 e. The van der Waals surface area contributed by atoms with Crippen LogP contribution in [0.25, 0.3) is 11.1 Å². The highest BCUT2D eigenvalue weighted by Crippen LogP contribution is 2.23. The summed E-state index contributed by atoms with van der Waals surface area (Å²) in [5.74, 6) is 0. The first-order valence-corrected chi connectivity index (χ1v) is 6.47. The summed E-state index contributed by atoms with van der Waals surface area (Å²) in [6.07, 6.45) is 2.73. The minimum Gasteiger partial charge on any atom is -0.260 e. The van der Waals surface area contributed by atoms with Crippen molar-refractivity contribution in [3.8, 4) is 11.1 Å². The average Bonchev–Trinajstić information content (AvgIpc) is 2.50. The lowest BCUT2D eigenvalue weighted by Gasteiger charge is -2.08. The summed E-state index contributed by atoms with van der Waals surface area (Å²) in [5, 5.41) is 0. The molecule has 1 aromatic heterocycles. The van der Waals surface area contributed by atoms with Gasteiger partial charge in [-0.25, -0.2) is 0 Å². The number of benzene rings is 2. The van der Waals surface area contributed by atoms with E-state index in [-0.39, 0.29) is 0 Å². The highest BCUT2D eigenvalue weighted by Gasteiger charge is 2.06. The molecule has 0 radical (unpaired) electrons. The quantitative estimate of drug-likeness (QED) is 0.669. The molecule has 0 saturated heterocycles. The lowest BCUT2D eigenvalue weighted by Crippen LogP contribution is -1.95. The molecule has 0 atom stereocenters. The maximum Gasteiger partial charge on any atom is 0.0525 e. The van der Waals surface area contributed by atoms with Gasteiger partial charge < -0.3 is 0 Å². The van der Waals surface area contributed by atoms with Crippen LogP contribution in [0.15, 0.2) is 79.0 Å². The Balaban J connectivity index is 1.99. The number of aromatic nitrogens is 1. The van der Waals surface area contributed by atoms with Crippen molar-refractivity contribution in [2.45, 2.75) is 6.42 Å². The van der Waals surface area contributed by atoms with Gasteiger partial charge in [-0.3, -0.25) is 4.98 Å². The fourth-order valence-corrected chi connectivity index (χ4v) is 2.25. The monoisotopic (exact) mass is 245 g/mol. The molecule has 0 aliphatic carbocycles. The molecule has 0 saturated carbocycles. The van der Waals surface area contributed by atoms with E-state index in [1.165, 1.54) is 16.7 Å². The Morgan fingerprint density at radius 1 is 0.684 bits per heavy atom. The summed E-state index contributed by atoms with van der Waals surface area (Å²) >= 11 is 0. The predicted molar refractivity (Wildman–Crippen MR) is 78.9 cm³/mol. The summed E-state index contributed by atoms with van der Waals surface area (Å²) in [7, 11) is 0. The topological polar surface area (TPSA) is 12.9 Å². The van der Waals surface area contributed by atoms with Crippen molar-refractivity contribution in [1.29, 1.82) is 0 Å². The molecular formula is C18H15N. The Labute approximate surface area is 113 Å². The SMILES string of the molecule is c1ccc(Cc2ncccc2-c2ccccc2)cc1. The molecule has 19 heavy (non-hydrogen) atoms. The third-order valence-electron chi connectivity index (χ3n) is 3.19. The molecule has 1 heterocycles. The van der Waals surface area contributed by atoms with Gasteiger partial charge >= 0.3 is 0 Å². The fourth-order valence-electron chi connectivity index (χ4n) is 2.25. The summed E-state index contributed by atoms with van der Waals surface area (Å²) < 4.78 is 0. The number of hydrogen-bond donors (Lipinski definition) is 0. The highest BCUT2D eigenvalue weighted by molar-refractivity contribution is 5.66. The molecular weight excluding hydrogens is 230 g/mol. The van der Waals surface area contributed by atoms with Crippen molar-refractivity contribution >= 4 is 0 Å². The molecule has 0 fully saturated rings. The van der Waals surface area contributed by atoms with Crippen molar-refractivity contribution in [3.05, 3.63) is 90.3 Å². The van der Waals surface area contributed by atoms with Crippen LogP contribution in [0.3, 0.4) is 0 Å². The van der Waals surface area contributed by atoms with E-state index in [1.807, 2.05) is 24.4 Å². The van der Waals surface area contributed by atoms with E-state index < -0.39 is 0 Å². The molecule has 0 aliphatic rings. The van der Waals surface area contributed by atoms with E-state index in [1.54, 1.807) is 0 Å². The average molecular weight is 245 g/mol. The second-order valence-electron chi connectivity index (χ2n) is 4.53. The van der Waals surface area contributed by atoms with Crippen LogP contribution in [0.1, 0.15) is 11.3 Å². The number of hydrogen-bond acceptors (Lipinski definition) is 1. The third kappa shape index (κ3) is 2.71. The molecule has 1 heteroatoms. The van der Waals surface area contributed by atoms with Crippen molar-refractivity contribution < 1.29 is 0 Å². The second-order valence-corrected chi connectivity index (χ2v) is 4.53. The van der Waals surface area contributed by atoms with Gasteiger partial charge in [0.2, 0.25) is 0 Å². The van der Waals surface area contributed by atoms with Gasteiger partial charge in [0.25, 0.3) is 0 Å². The molecule has 0 unspecified atom stereocenters. The zero-order chi connectivity index (χ0) is 12.9. The first-order valence-electron chi connectivity index (χ1n) is 6.47. The smallest absolute Gasteiger partial charge is 0.0525 e. The van der Waals surface area contributed by atoms with E-state index in [0.717, 1.165) is 12.1 Å². The van der Waals surface area contributed by atoms with Crippen molar-refractivity contribution in [2.75, 3.05) is 0 Å². The molecule has 3 aromatic rings. The number of nitrogens with zero attached hydrogens (tertiary/aromatic N) is 1. The molecule has 0 aliphatic heterocycles. The van der Waals surface area contributed by atoms with Gasteiger partial charge in [-0.15, -0.1) is 0 Å². The predicted octanol–water partition coefficient (Wildman–Crippen LogP) is 4.34. The maximum absolute atomic E-state index is 4.55. The zero-order valence-corrected chi connectivity index (χ0v) is 10.7. The fraction of sp³-hybridized carbons (Fsp3) is 0.0556. The first-order chi connectivity index (χ1) is 9.43. The lowest BCUT2D eigenvalue weighted by molar-refractivity contribution is 1.08. The maximum atomic E-state index is 4.55. The van der Waals surface area contributed by atoms with Gasteiger partial charge in [-0.05, 0) is 17.2 Å². The molecule has 2 aromatic carbocycles. The van der Waals surface area contributed by atoms with Crippen LogP contribution in [0.2, 0.25) is 0 Å². The lowest BCUT2D eigenvalue weighted by atomic mass is 10.00. The van der Waals surface area contributed by atoms with Crippen LogP contribution in [0.4, 0.5) is 0 Å². The van der Waals surface area contributed by atoms with E-state index in [4.69, 9.17) is 0 Å². The third-order valence-corrected chi connectivity index (χ3v) is 3.19. The Kier molecular flexibility index (Phi) is 3.37. The number of pyridine rings is 1. The van der Waals surface area contributed by atoms with Crippen molar-refractivity contribution in [3.63, 3.8) is 0 Å². The standard InChI is InChI=1S/C18H15N/c1-3-8-15(9-4-1)14-18-17(12-7-13-19-18)16-10-5-2-6-11-16/h1-13H,14H2. The van der Waals surface area contributed by atoms with Crippen LogP contribution in [-0.2, 0) is 6.42 Å². The van der Waals surface area contributed by atoms with E-state index in [2.05, 4.69) is 59.6 Å². The van der Waals surface area contributed by atoms with Gasteiger partial charge in [0.05, 0.1) is 5.69 Å². The Morgan fingerprint density at radius 2 is 1.37 bits per heavy atom. The number of rotatable bonds is 3. The minimum atomic E-state index is 0.867. The Hall–Kier alpha value is -2.41. The van der Waals surface area contributed by atoms with E-state index in [9.17, 15) is 0 Å². The van der Waals surface area contributed by atoms with Crippen LogP contribution in [-0.4, -0.2) is 4.98 Å². The molecule has 0 spiro atoms. The van der Waals surface area contributed by atoms with Crippen LogP contribution >= 0.6 is 0 Å². The Bertz CT molecular complexity index is 645.